The standard InChI is InChI=1S/C18H18F3N5O3/c19-18(20,21)29-14-3-1-13(2-4-14)24-16(27)12-25-7-9-26(10-8-25)17(28)15-11-22-5-6-23-15/h1-6,11H,7-10,12H2,(H,24,27)/p+1. The van der Waals surface area contributed by atoms with Gasteiger partial charge in [-0.1, -0.05) is 0 Å². The molecule has 1 aliphatic heterocycles. The van der Waals surface area contributed by atoms with Gasteiger partial charge in [-0.15, -0.1) is 13.2 Å². The number of piperazine rings is 1. The van der Waals surface area contributed by atoms with E-state index in [9.17, 15) is 22.8 Å². The van der Waals surface area contributed by atoms with E-state index >= 15 is 0 Å². The van der Waals surface area contributed by atoms with Crippen molar-refractivity contribution < 1.29 is 32.4 Å². The van der Waals surface area contributed by atoms with E-state index in [1.165, 1.54) is 30.7 Å². The van der Waals surface area contributed by atoms with Crippen LogP contribution in [0.3, 0.4) is 0 Å². The topological polar surface area (TPSA) is 88.9 Å². The Kier molecular flexibility index (Phi) is 6.27. The number of anilines is 1. The first-order valence-corrected chi connectivity index (χ1v) is 8.85. The third-order valence-electron chi connectivity index (χ3n) is 4.32. The van der Waals surface area contributed by atoms with Gasteiger partial charge in [0.15, 0.2) is 6.54 Å². The van der Waals surface area contributed by atoms with Gasteiger partial charge in [0, 0.05) is 18.1 Å². The number of ether oxygens (including phenoxy) is 1. The molecular weight excluding hydrogens is 391 g/mol. The number of quaternary nitrogens is 1. The number of hydrogen-bond acceptors (Lipinski definition) is 5. The molecule has 0 bridgehead atoms. The zero-order chi connectivity index (χ0) is 20.9. The van der Waals surface area contributed by atoms with Gasteiger partial charge in [-0.05, 0) is 24.3 Å². The summed E-state index contributed by atoms with van der Waals surface area (Å²) in [5.41, 5.74) is 0.659. The Morgan fingerprint density at radius 1 is 1.14 bits per heavy atom. The van der Waals surface area contributed by atoms with Crippen molar-refractivity contribution in [2.75, 3.05) is 38.0 Å². The first-order valence-electron chi connectivity index (χ1n) is 8.85. The van der Waals surface area contributed by atoms with Crippen LogP contribution in [0.2, 0.25) is 0 Å². The van der Waals surface area contributed by atoms with Gasteiger partial charge < -0.3 is 19.9 Å². The smallest absolute Gasteiger partial charge is 0.406 e. The van der Waals surface area contributed by atoms with E-state index in [1.54, 1.807) is 4.90 Å². The van der Waals surface area contributed by atoms with E-state index in [2.05, 4.69) is 20.0 Å². The second-order valence-corrected chi connectivity index (χ2v) is 6.43. The monoisotopic (exact) mass is 410 g/mol. The molecule has 2 aromatic rings. The molecule has 0 spiro atoms. The van der Waals surface area contributed by atoms with Gasteiger partial charge >= 0.3 is 6.36 Å². The molecule has 0 aliphatic carbocycles. The van der Waals surface area contributed by atoms with Gasteiger partial charge in [0.1, 0.15) is 11.4 Å². The Balaban J connectivity index is 1.44. The highest BCUT2D eigenvalue weighted by Gasteiger charge is 2.31. The highest BCUT2D eigenvalue weighted by atomic mass is 19.4. The molecule has 0 atom stereocenters. The molecule has 11 heteroatoms. The molecule has 1 saturated heterocycles. The molecule has 3 rings (SSSR count). The second kappa shape index (κ2) is 8.86. The summed E-state index contributed by atoms with van der Waals surface area (Å²) in [5, 5.41) is 2.64. The summed E-state index contributed by atoms with van der Waals surface area (Å²) < 4.78 is 40.3. The van der Waals surface area contributed by atoms with Gasteiger partial charge in [-0.2, -0.15) is 0 Å². The van der Waals surface area contributed by atoms with E-state index in [0.29, 0.717) is 31.9 Å². The number of benzene rings is 1. The van der Waals surface area contributed by atoms with Crippen molar-refractivity contribution in [3.8, 4) is 5.75 Å². The third-order valence-corrected chi connectivity index (χ3v) is 4.32. The Morgan fingerprint density at radius 2 is 1.83 bits per heavy atom. The Morgan fingerprint density at radius 3 is 2.41 bits per heavy atom. The summed E-state index contributed by atoms with van der Waals surface area (Å²) in [4.78, 5) is 35.1. The number of carbonyl (C=O) groups is 2. The Hall–Kier alpha value is -3.21. The average molecular weight is 410 g/mol. The number of alkyl halides is 3. The lowest BCUT2D eigenvalue weighted by Crippen LogP contribution is -3.15. The van der Waals surface area contributed by atoms with Gasteiger partial charge in [0.25, 0.3) is 11.8 Å². The molecule has 8 nitrogen and oxygen atoms in total. The molecule has 0 radical (unpaired) electrons. The summed E-state index contributed by atoms with van der Waals surface area (Å²) in [6.07, 6.45) is -0.389. The van der Waals surface area contributed by atoms with E-state index < -0.39 is 6.36 Å². The maximum atomic E-state index is 12.3. The minimum Gasteiger partial charge on any atom is -0.406 e. The maximum Gasteiger partial charge on any atom is 0.573 e. The summed E-state index contributed by atoms with van der Waals surface area (Å²) in [6.45, 7) is 2.35. The molecule has 1 fully saturated rings. The number of hydrogen-bond donors (Lipinski definition) is 2. The van der Waals surface area contributed by atoms with Crippen molar-refractivity contribution in [2.45, 2.75) is 6.36 Å². The number of amides is 2. The quantitative estimate of drug-likeness (QED) is 0.743. The fourth-order valence-corrected chi connectivity index (χ4v) is 2.95. The first-order chi connectivity index (χ1) is 13.8. The van der Waals surface area contributed by atoms with Crippen LogP contribution >= 0.6 is 0 Å². The van der Waals surface area contributed by atoms with Crippen molar-refractivity contribution in [1.82, 2.24) is 14.9 Å². The van der Waals surface area contributed by atoms with Crippen LogP contribution in [0.5, 0.6) is 5.75 Å². The van der Waals surface area contributed by atoms with Crippen molar-refractivity contribution in [2.24, 2.45) is 0 Å². The molecule has 0 saturated carbocycles. The van der Waals surface area contributed by atoms with Crippen molar-refractivity contribution >= 4 is 17.5 Å². The van der Waals surface area contributed by atoms with Crippen LogP contribution in [0.4, 0.5) is 18.9 Å². The summed E-state index contributed by atoms with van der Waals surface area (Å²) >= 11 is 0. The zero-order valence-corrected chi connectivity index (χ0v) is 15.3. The van der Waals surface area contributed by atoms with E-state index in [0.717, 1.165) is 17.0 Å². The zero-order valence-electron chi connectivity index (χ0n) is 15.3. The lowest BCUT2D eigenvalue weighted by Gasteiger charge is -2.31. The molecular formula is C18H19F3N5O3+. The number of halogens is 3. The van der Waals surface area contributed by atoms with Crippen molar-refractivity contribution in [3.63, 3.8) is 0 Å². The number of aromatic nitrogens is 2. The van der Waals surface area contributed by atoms with Crippen LogP contribution < -0.4 is 15.0 Å². The maximum absolute atomic E-state index is 12.3. The van der Waals surface area contributed by atoms with Gasteiger partial charge in [-0.3, -0.25) is 14.6 Å². The molecule has 1 aliphatic rings. The Labute approximate surface area is 164 Å². The lowest BCUT2D eigenvalue weighted by molar-refractivity contribution is -0.895. The summed E-state index contributed by atoms with van der Waals surface area (Å²) in [7, 11) is 0. The van der Waals surface area contributed by atoms with E-state index in [4.69, 9.17) is 0 Å². The highest BCUT2D eigenvalue weighted by molar-refractivity contribution is 5.92. The minimum atomic E-state index is -4.76. The Bertz CT molecular complexity index is 838. The van der Waals surface area contributed by atoms with E-state index in [1.807, 2.05) is 0 Å². The fraction of sp³-hybridized carbons (Fsp3) is 0.333. The average Bonchev–Trinajstić information content (AvgIpc) is 2.69. The van der Waals surface area contributed by atoms with Crippen molar-refractivity contribution in [3.05, 3.63) is 48.5 Å². The van der Waals surface area contributed by atoms with Crippen LogP contribution in [0, 0.1) is 0 Å². The molecule has 2 amide bonds. The predicted octanol–water partition coefficient (Wildman–Crippen LogP) is 0.355. The van der Waals surface area contributed by atoms with E-state index in [-0.39, 0.29) is 29.8 Å². The first kappa shape index (κ1) is 20.5. The van der Waals surface area contributed by atoms with Gasteiger partial charge in [0.05, 0.1) is 32.4 Å². The number of nitrogens with zero attached hydrogens (tertiary/aromatic N) is 3. The van der Waals surface area contributed by atoms with Crippen LogP contribution in [0.25, 0.3) is 0 Å². The summed E-state index contributed by atoms with van der Waals surface area (Å²) in [5.74, 6) is -0.814. The molecule has 1 aromatic heterocycles. The molecule has 29 heavy (non-hydrogen) atoms. The largest absolute Gasteiger partial charge is 0.573 e. The summed E-state index contributed by atoms with van der Waals surface area (Å²) in [6, 6.07) is 4.94. The number of carbonyl (C=O) groups excluding carboxylic acids is 2. The minimum absolute atomic E-state index is 0.188. The lowest BCUT2D eigenvalue weighted by atomic mass is 10.2. The molecule has 0 unspecified atom stereocenters. The second-order valence-electron chi connectivity index (χ2n) is 6.43. The molecule has 2 heterocycles. The van der Waals surface area contributed by atoms with Crippen LogP contribution in [0.15, 0.2) is 42.9 Å². The number of rotatable bonds is 5. The van der Waals surface area contributed by atoms with Crippen molar-refractivity contribution in [1.29, 1.82) is 0 Å². The third kappa shape index (κ3) is 6.14. The predicted molar refractivity (Wildman–Crippen MR) is 95.3 cm³/mol. The molecule has 2 N–H and O–H groups in total. The van der Waals surface area contributed by atoms with Crippen LogP contribution in [0.1, 0.15) is 10.5 Å². The molecule has 1 aromatic carbocycles. The SMILES string of the molecule is O=C(C[NH+]1CCN(C(=O)c2cnccn2)CC1)Nc1ccc(OC(F)(F)F)cc1. The fourth-order valence-electron chi connectivity index (χ4n) is 2.95. The van der Waals surface area contributed by atoms with Crippen LogP contribution in [-0.4, -0.2) is 65.8 Å². The highest BCUT2D eigenvalue weighted by Crippen LogP contribution is 2.23. The van der Waals surface area contributed by atoms with Gasteiger partial charge in [0.2, 0.25) is 0 Å². The van der Waals surface area contributed by atoms with Crippen LogP contribution in [-0.2, 0) is 4.79 Å². The molecule has 154 valence electrons. The van der Waals surface area contributed by atoms with Gasteiger partial charge in [-0.25, -0.2) is 4.98 Å². The number of nitrogens with one attached hydrogen (secondary N) is 2. The normalized spacial score (nSPS) is 15.1.